The van der Waals surface area contributed by atoms with Gasteiger partial charge in [0.15, 0.2) is 5.65 Å². The van der Waals surface area contributed by atoms with Gasteiger partial charge in [-0.2, -0.15) is 4.98 Å². The van der Waals surface area contributed by atoms with Gasteiger partial charge in [0.25, 0.3) is 0 Å². The first-order chi connectivity index (χ1) is 7.56. The number of pyridine rings is 1. The van der Waals surface area contributed by atoms with Crippen molar-refractivity contribution < 1.29 is 9.84 Å². The highest BCUT2D eigenvalue weighted by Crippen LogP contribution is 2.22. The minimum atomic E-state index is -0.395. The number of imidazole rings is 1. The van der Waals surface area contributed by atoms with E-state index < -0.39 is 5.41 Å². The Morgan fingerprint density at radius 3 is 2.75 bits per heavy atom. The Morgan fingerprint density at radius 1 is 1.38 bits per heavy atom. The van der Waals surface area contributed by atoms with Crippen molar-refractivity contribution in [1.82, 2.24) is 15.0 Å². The van der Waals surface area contributed by atoms with Gasteiger partial charge in [-0.3, -0.25) is 0 Å². The van der Waals surface area contributed by atoms with Crippen LogP contribution < -0.4 is 4.74 Å². The molecule has 0 fully saturated rings. The number of hydrogen-bond donors (Lipinski definition) is 2. The van der Waals surface area contributed by atoms with Gasteiger partial charge in [-0.25, -0.2) is 4.98 Å². The van der Waals surface area contributed by atoms with Crippen molar-refractivity contribution >= 4 is 11.2 Å². The smallest absolute Gasteiger partial charge is 0.215 e. The maximum atomic E-state index is 9.27. The van der Waals surface area contributed by atoms with Gasteiger partial charge in [-0.05, 0) is 6.07 Å². The lowest BCUT2D eigenvalue weighted by Gasteiger charge is -2.17. The zero-order chi connectivity index (χ0) is 11.8. The number of aliphatic hydroxyl groups excluding tert-OH is 1. The first-order valence-corrected chi connectivity index (χ1v) is 5.09. The number of nitrogens with zero attached hydrogens (tertiary/aromatic N) is 2. The van der Waals surface area contributed by atoms with Crippen molar-refractivity contribution in [1.29, 1.82) is 0 Å². The number of ether oxygens (including phenoxy) is 1. The highest BCUT2D eigenvalue weighted by atomic mass is 16.5. The van der Waals surface area contributed by atoms with Crippen molar-refractivity contribution in [3.05, 3.63) is 18.0 Å². The summed E-state index contributed by atoms with van der Waals surface area (Å²) in [7, 11) is 1.57. The fourth-order valence-electron chi connectivity index (χ4n) is 1.38. The molecule has 5 nitrogen and oxygen atoms in total. The van der Waals surface area contributed by atoms with Crippen LogP contribution in [0.5, 0.6) is 5.88 Å². The molecule has 2 heterocycles. The van der Waals surface area contributed by atoms with Crippen LogP contribution in [0.25, 0.3) is 11.2 Å². The van der Waals surface area contributed by atoms with E-state index in [2.05, 4.69) is 15.0 Å². The van der Waals surface area contributed by atoms with E-state index in [-0.39, 0.29) is 6.61 Å². The molecule has 0 aliphatic carbocycles. The van der Waals surface area contributed by atoms with Crippen LogP contribution in [0, 0.1) is 0 Å². The maximum Gasteiger partial charge on any atom is 0.215 e. The maximum absolute atomic E-state index is 9.27. The highest BCUT2D eigenvalue weighted by molar-refractivity contribution is 5.71. The van der Waals surface area contributed by atoms with Crippen LogP contribution in [-0.2, 0) is 5.41 Å². The van der Waals surface area contributed by atoms with Crippen molar-refractivity contribution in [2.75, 3.05) is 13.7 Å². The minimum Gasteiger partial charge on any atom is -0.481 e. The standard InChI is InChI=1S/C11H15N3O2/c1-11(2,6-15)10-12-7-4-5-8(16-3)13-9(7)14-10/h4-5,15H,6H2,1-3H3,(H,12,13,14). The molecule has 2 aromatic heterocycles. The van der Waals surface area contributed by atoms with Crippen LogP contribution in [-0.4, -0.2) is 33.8 Å². The van der Waals surface area contributed by atoms with Crippen LogP contribution in [0.15, 0.2) is 12.1 Å². The lowest BCUT2D eigenvalue weighted by molar-refractivity contribution is 0.212. The summed E-state index contributed by atoms with van der Waals surface area (Å²) in [6.45, 7) is 3.87. The normalized spacial score (nSPS) is 12.0. The molecule has 5 heteroatoms. The molecule has 2 N–H and O–H groups in total. The first kappa shape index (κ1) is 10.9. The third-order valence-corrected chi connectivity index (χ3v) is 2.57. The van der Waals surface area contributed by atoms with E-state index in [9.17, 15) is 5.11 Å². The Kier molecular flexibility index (Phi) is 2.55. The molecular formula is C11H15N3O2. The predicted molar refractivity (Wildman–Crippen MR) is 60.6 cm³/mol. The van der Waals surface area contributed by atoms with E-state index in [1.165, 1.54) is 0 Å². The second-order valence-corrected chi connectivity index (χ2v) is 4.35. The van der Waals surface area contributed by atoms with Crippen molar-refractivity contribution in [2.45, 2.75) is 19.3 Å². The van der Waals surface area contributed by atoms with Crippen LogP contribution in [0.4, 0.5) is 0 Å². The monoisotopic (exact) mass is 221 g/mol. The van der Waals surface area contributed by atoms with Crippen LogP contribution in [0.1, 0.15) is 19.7 Å². The first-order valence-electron chi connectivity index (χ1n) is 5.09. The quantitative estimate of drug-likeness (QED) is 0.818. The van der Waals surface area contributed by atoms with E-state index in [0.717, 1.165) is 11.3 Å². The number of aromatic nitrogens is 3. The average Bonchev–Trinajstić information content (AvgIpc) is 2.72. The predicted octanol–water partition coefficient (Wildman–Crippen LogP) is 1.24. The average molecular weight is 221 g/mol. The molecule has 2 rings (SSSR count). The molecule has 0 saturated heterocycles. The fourth-order valence-corrected chi connectivity index (χ4v) is 1.38. The van der Waals surface area contributed by atoms with Crippen LogP contribution >= 0.6 is 0 Å². The summed E-state index contributed by atoms with van der Waals surface area (Å²) >= 11 is 0. The van der Waals surface area contributed by atoms with E-state index in [1.807, 2.05) is 19.9 Å². The van der Waals surface area contributed by atoms with Crippen LogP contribution in [0.3, 0.4) is 0 Å². The Hall–Kier alpha value is -1.62. The van der Waals surface area contributed by atoms with Gasteiger partial charge < -0.3 is 14.8 Å². The van der Waals surface area contributed by atoms with Crippen LogP contribution in [0.2, 0.25) is 0 Å². The summed E-state index contributed by atoms with van der Waals surface area (Å²) in [5.41, 5.74) is 1.06. The Balaban J connectivity index is 2.52. The van der Waals surface area contributed by atoms with Crippen molar-refractivity contribution in [3.8, 4) is 5.88 Å². The van der Waals surface area contributed by atoms with E-state index in [1.54, 1.807) is 13.2 Å². The Morgan fingerprint density at radius 2 is 2.12 bits per heavy atom. The third-order valence-electron chi connectivity index (χ3n) is 2.57. The summed E-state index contributed by atoms with van der Waals surface area (Å²) in [6, 6.07) is 3.64. The zero-order valence-electron chi connectivity index (χ0n) is 9.61. The van der Waals surface area contributed by atoms with E-state index >= 15 is 0 Å². The molecule has 0 saturated carbocycles. The van der Waals surface area contributed by atoms with Crippen molar-refractivity contribution in [2.24, 2.45) is 0 Å². The number of H-pyrrole nitrogens is 1. The number of hydrogen-bond acceptors (Lipinski definition) is 4. The minimum absolute atomic E-state index is 0.0317. The molecule has 0 aliphatic rings. The number of nitrogens with one attached hydrogen (secondary N) is 1. The molecule has 86 valence electrons. The molecule has 0 aromatic carbocycles. The van der Waals surface area contributed by atoms with Gasteiger partial charge in [0.1, 0.15) is 5.82 Å². The molecule has 0 aliphatic heterocycles. The van der Waals surface area contributed by atoms with Gasteiger partial charge in [0.2, 0.25) is 5.88 Å². The Labute approximate surface area is 93.5 Å². The molecular weight excluding hydrogens is 206 g/mol. The third kappa shape index (κ3) is 1.74. The molecule has 2 aromatic rings. The summed E-state index contributed by atoms with van der Waals surface area (Å²) in [5.74, 6) is 1.26. The molecule has 16 heavy (non-hydrogen) atoms. The summed E-state index contributed by atoms with van der Waals surface area (Å²) in [6.07, 6.45) is 0. The zero-order valence-corrected chi connectivity index (χ0v) is 9.61. The number of methoxy groups -OCH3 is 1. The van der Waals surface area contributed by atoms with Gasteiger partial charge in [-0.1, -0.05) is 13.8 Å². The largest absolute Gasteiger partial charge is 0.481 e. The summed E-state index contributed by atoms with van der Waals surface area (Å²) in [4.78, 5) is 11.7. The molecule has 0 bridgehead atoms. The summed E-state index contributed by atoms with van der Waals surface area (Å²) < 4.78 is 5.03. The molecule has 0 radical (unpaired) electrons. The molecule has 0 spiro atoms. The number of aromatic amines is 1. The molecule has 0 unspecified atom stereocenters. The van der Waals surface area contributed by atoms with Gasteiger partial charge in [-0.15, -0.1) is 0 Å². The molecule has 0 atom stereocenters. The lowest BCUT2D eigenvalue weighted by Crippen LogP contribution is -2.23. The number of rotatable bonds is 3. The second-order valence-electron chi connectivity index (χ2n) is 4.35. The van der Waals surface area contributed by atoms with Gasteiger partial charge in [0.05, 0.1) is 19.2 Å². The topological polar surface area (TPSA) is 71.0 Å². The second kappa shape index (κ2) is 3.75. The SMILES string of the molecule is COc1ccc2[nH]c(C(C)(C)CO)nc2n1. The highest BCUT2D eigenvalue weighted by Gasteiger charge is 2.23. The van der Waals surface area contributed by atoms with E-state index in [0.29, 0.717) is 11.5 Å². The Bertz CT molecular complexity index is 505. The van der Waals surface area contributed by atoms with Gasteiger partial charge >= 0.3 is 0 Å². The van der Waals surface area contributed by atoms with E-state index in [4.69, 9.17) is 4.74 Å². The van der Waals surface area contributed by atoms with Gasteiger partial charge in [0, 0.05) is 11.5 Å². The fraction of sp³-hybridized carbons (Fsp3) is 0.455. The number of aliphatic hydroxyl groups is 1. The summed E-state index contributed by atoms with van der Waals surface area (Å²) in [5, 5.41) is 9.27. The number of fused-ring (bicyclic) bond motifs is 1. The van der Waals surface area contributed by atoms with Crippen molar-refractivity contribution in [3.63, 3.8) is 0 Å². The lowest BCUT2D eigenvalue weighted by atomic mass is 9.94. The molecule has 0 amide bonds.